The van der Waals surface area contributed by atoms with Crippen molar-refractivity contribution in [3.63, 3.8) is 0 Å². The minimum absolute atomic E-state index is 0.0926. The molecule has 0 fully saturated rings. The zero-order valence-electron chi connectivity index (χ0n) is 13.0. The van der Waals surface area contributed by atoms with Crippen molar-refractivity contribution in [3.8, 4) is 0 Å². The van der Waals surface area contributed by atoms with Gasteiger partial charge in [-0.2, -0.15) is 0 Å². The van der Waals surface area contributed by atoms with Gasteiger partial charge in [-0.1, -0.05) is 71.1 Å². The van der Waals surface area contributed by atoms with Crippen molar-refractivity contribution < 1.29 is 19.7 Å². The summed E-state index contributed by atoms with van der Waals surface area (Å²) in [4.78, 5) is 10.4. The van der Waals surface area contributed by atoms with Crippen LogP contribution in [-0.4, -0.2) is 35.5 Å². The lowest BCUT2D eigenvalue weighted by Crippen LogP contribution is -2.21. The molecule has 0 radical (unpaired) electrons. The van der Waals surface area contributed by atoms with E-state index in [-0.39, 0.29) is 19.3 Å². The first-order valence-corrected chi connectivity index (χ1v) is 8.15. The fourth-order valence-electron chi connectivity index (χ4n) is 2.28. The average molecular weight is 288 g/mol. The first-order chi connectivity index (χ1) is 9.70. The zero-order valence-corrected chi connectivity index (χ0v) is 13.0. The first kappa shape index (κ1) is 19.4. The lowest BCUT2D eigenvalue weighted by Gasteiger charge is -2.13. The fraction of sp³-hybridized carbons (Fsp3) is 0.938. The molecule has 20 heavy (non-hydrogen) atoms. The van der Waals surface area contributed by atoms with E-state index >= 15 is 0 Å². The summed E-state index contributed by atoms with van der Waals surface area (Å²) in [7, 11) is 0. The van der Waals surface area contributed by atoms with Gasteiger partial charge in [0.05, 0.1) is 12.7 Å². The van der Waals surface area contributed by atoms with Crippen LogP contribution in [0.5, 0.6) is 0 Å². The number of ether oxygens (including phenoxy) is 1. The number of unbranched alkanes of at least 4 members (excludes halogenated alkanes) is 9. The van der Waals surface area contributed by atoms with Crippen molar-refractivity contribution in [2.45, 2.75) is 83.7 Å². The standard InChI is InChI=1S/C16H32O4/c1-2-3-4-5-6-7-8-9-10-11-12-15(13-17)20-14-16(18)19/h15,17H,2-14H2,1H3,(H,18,19). The van der Waals surface area contributed by atoms with Gasteiger partial charge in [-0.3, -0.25) is 0 Å². The number of rotatable bonds is 15. The summed E-state index contributed by atoms with van der Waals surface area (Å²) in [5, 5.41) is 17.6. The molecule has 0 spiro atoms. The van der Waals surface area contributed by atoms with Gasteiger partial charge in [-0.15, -0.1) is 0 Å². The largest absolute Gasteiger partial charge is 0.480 e. The van der Waals surface area contributed by atoms with E-state index < -0.39 is 5.97 Å². The van der Waals surface area contributed by atoms with Gasteiger partial charge >= 0.3 is 5.97 Å². The summed E-state index contributed by atoms with van der Waals surface area (Å²) in [6, 6.07) is 0. The van der Waals surface area contributed by atoms with Crippen LogP contribution in [0.25, 0.3) is 0 Å². The molecule has 0 saturated carbocycles. The molecule has 0 rings (SSSR count). The third kappa shape index (κ3) is 13.8. The lowest BCUT2D eigenvalue weighted by atomic mass is 10.0. The van der Waals surface area contributed by atoms with E-state index in [1.807, 2.05) is 0 Å². The van der Waals surface area contributed by atoms with Crippen LogP contribution in [0.1, 0.15) is 77.6 Å². The number of aliphatic hydroxyl groups excluding tert-OH is 1. The first-order valence-electron chi connectivity index (χ1n) is 8.15. The summed E-state index contributed by atoms with van der Waals surface area (Å²) in [6.45, 7) is 1.83. The maximum atomic E-state index is 10.4. The van der Waals surface area contributed by atoms with Crippen molar-refractivity contribution in [1.82, 2.24) is 0 Å². The van der Waals surface area contributed by atoms with Crippen molar-refractivity contribution in [3.05, 3.63) is 0 Å². The smallest absolute Gasteiger partial charge is 0.329 e. The van der Waals surface area contributed by atoms with E-state index in [4.69, 9.17) is 14.9 Å². The van der Waals surface area contributed by atoms with E-state index in [1.165, 1.54) is 51.4 Å². The van der Waals surface area contributed by atoms with Crippen molar-refractivity contribution in [1.29, 1.82) is 0 Å². The van der Waals surface area contributed by atoms with Crippen LogP contribution in [-0.2, 0) is 9.53 Å². The molecular weight excluding hydrogens is 256 g/mol. The van der Waals surface area contributed by atoms with E-state index in [1.54, 1.807) is 0 Å². The number of carboxylic acids is 1. The number of carbonyl (C=O) groups is 1. The molecule has 1 atom stereocenters. The van der Waals surface area contributed by atoms with Gasteiger partial charge in [0.1, 0.15) is 6.61 Å². The Hall–Kier alpha value is -0.610. The highest BCUT2D eigenvalue weighted by Gasteiger charge is 2.09. The Morgan fingerprint density at radius 3 is 1.90 bits per heavy atom. The molecule has 0 aromatic heterocycles. The van der Waals surface area contributed by atoms with Crippen LogP contribution in [0.3, 0.4) is 0 Å². The van der Waals surface area contributed by atoms with Gasteiger partial charge in [0.25, 0.3) is 0 Å². The van der Waals surface area contributed by atoms with E-state index in [9.17, 15) is 4.79 Å². The number of hydrogen-bond acceptors (Lipinski definition) is 3. The van der Waals surface area contributed by atoms with Gasteiger partial charge < -0.3 is 14.9 Å². The van der Waals surface area contributed by atoms with Crippen LogP contribution in [0.15, 0.2) is 0 Å². The number of aliphatic hydroxyl groups is 1. The molecule has 0 aliphatic rings. The topological polar surface area (TPSA) is 66.8 Å². The zero-order chi connectivity index (χ0) is 15.1. The SMILES string of the molecule is CCCCCCCCCCCCC(CO)OCC(=O)O. The van der Waals surface area contributed by atoms with Gasteiger partial charge in [0, 0.05) is 0 Å². The van der Waals surface area contributed by atoms with Crippen LogP contribution in [0, 0.1) is 0 Å². The Bertz CT molecular complexity index is 219. The fourth-order valence-corrected chi connectivity index (χ4v) is 2.28. The van der Waals surface area contributed by atoms with Gasteiger partial charge in [0.15, 0.2) is 0 Å². The molecule has 4 heteroatoms. The quantitative estimate of drug-likeness (QED) is 0.450. The lowest BCUT2D eigenvalue weighted by molar-refractivity contribution is -0.145. The van der Waals surface area contributed by atoms with Crippen molar-refractivity contribution >= 4 is 5.97 Å². The normalized spacial score (nSPS) is 12.5. The summed E-state index contributed by atoms with van der Waals surface area (Å²) < 4.78 is 5.09. The Morgan fingerprint density at radius 2 is 1.45 bits per heavy atom. The Morgan fingerprint density at radius 1 is 0.950 bits per heavy atom. The van der Waals surface area contributed by atoms with Crippen molar-refractivity contribution in [2.75, 3.05) is 13.2 Å². The van der Waals surface area contributed by atoms with Crippen LogP contribution >= 0.6 is 0 Å². The highest BCUT2D eigenvalue weighted by atomic mass is 16.5. The van der Waals surface area contributed by atoms with Crippen molar-refractivity contribution in [2.24, 2.45) is 0 Å². The third-order valence-electron chi connectivity index (χ3n) is 3.53. The minimum atomic E-state index is -0.980. The monoisotopic (exact) mass is 288 g/mol. The second kappa shape index (κ2) is 14.8. The molecule has 0 aromatic rings. The number of carboxylic acid groups (broad SMARTS) is 1. The van der Waals surface area contributed by atoms with Crippen LogP contribution in [0.4, 0.5) is 0 Å². The molecular formula is C16H32O4. The summed E-state index contributed by atoms with van der Waals surface area (Å²) in [6.07, 6.45) is 13.2. The maximum Gasteiger partial charge on any atom is 0.329 e. The Labute approximate surface area is 123 Å². The maximum absolute atomic E-state index is 10.4. The van der Waals surface area contributed by atoms with E-state index in [0.29, 0.717) is 0 Å². The molecule has 0 aromatic carbocycles. The number of hydrogen-bond donors (Lipinski definition) is 2. The molecule has 0 amide bonds. The van der Waals surface area contributed by atoms with Gasteiger partial charge in [0.2, 0.25) is 0 Å². The number of aliphatic carboxylic acids is 1. The second-order valence-corrected chi connectivity index (χ2v) is 5.48. The molecule has 0 bridgehead atoms. The molecule has 0 aliphatic carbocycles. The summed E-state index contributed by atoms with van der Waals surface area (Å²) >= 11 is 0. The summed E-state index contributed by atoms with van der Waals surface area (Å²) in [5.74, 6) is -0.980. The molecule has 0 aliphatic heterocycles. The van der Waals surface area contributed by atoms with E-state index in [0.717, 1.165) is 19.3 Å². The highest BCUT2D eigenvalue weighted by Crippen LogP contribution is 2.12. The molecule has 0 heterocycles. The molecule has 2 N–H and O–H groups in total. The van der Waals surface area contributed by atoms with Crippen LogP contribution < -0.4 is 0 Å². The highest BCUT2D eigenvalue weighted by molar-refractivity contribution is 5.68. The third-order valence-corrected chi connectivity index (χ3v) is 3.53. The predicted molar refractivity (Wildman–Crippen MR) is 80.9 cm³/mol. The van der Waals surface area contributed by atoms with Gasteiger partial charge in [-0.25, -0.2) is 4.79 Å². The summed E-state index contributed by atoms with van der Waals surface area (Å²) in [5.41, 5.74) is 0. The van der Waals surface area contributed by atoms with Crippen LogP contribution in [0.2, 0.25) is 0 Å². The molecule has 4 nitrogen and oxygen atoms in total. The predicted octanol–water partition coefficient (Wildman–Crippen LogP) is 3.76. The molecule has 0 saturated heterocycles. The molecule has 120 valence electrons. The second-order valence-electron chi connectivity index (χ2n) is 5.48. The van der Waals surface area contributed by atoms with E-state index in [2.05, 4.69) is 6.92 Å². The Kier molecular flexibility index (Phi) is 14.3. The average Bonchev–Trinajstić information content (AvgIpc) is 2.44. The minimum Gasteiger partial charge on any atom is -0.480 e. The Balaban J connectivity index is 3.26. The van der Waals surface area contributed by atoms with Gasteiger partial charge in [-0.05, 0) is 6.42 Å². The molecule has 1 unspecified atom stereocenters.